The van der Waals surface area contributed by atoms with E-state index < -0.39 is 47.3 Å². The number of amides is 1. The zero-order valence-electron chi connectivity index (χ0n) is 25.9. The van der Waals surface area contributed by atoms with E-state index in [2.05, 4.69) is 5.32 Å². The van der Waals surface area contributed by atoms with Crippen LogP contribution in [0.1, 0.15) is 62.4 Å². The highest BCUT2D eigenvalue weighted by atomic mass is 19.1. The van der Waals surface area contributed by atoms with E-state index in [-0.39, 0.29) is 24.3 Å². The topological polar surface area (TPSA) is 92.3 Å². The number of hydrogen-bond donors (Lipinski definition) is 1. The van der Waals surface area contributed by atoms with Gasteiger partial charge in [0, 0.05) is 16.7 Å². The van der Waals surface area contributed by atoms with Crippen molar-refractivity contribution in [3.8, 4) is 28.4 Å². The van der Waals surface area contributed by atoms with Gasteiger partial charge in [0.2, 0.25) is 0 Å². The minimum absolute atomic E-state index is 0.0501. The second-order valence-electron chi connectivity index (χ2n) is 10.9. The molecule has 0 aliphatic rings. The SMILES string of the molecule is CCOC(=O)C[C@H](NC(=O)OC(C)(C)C)c1c(F)c(C)cc(-c2c(C)cccc2OCc2ccc(OC)c(OC)c2)c1F. The molecule has 8 nitrogen and oxygen atoms in total. The predicted molar refractivity (Wildman–Crippen MR) is 159 cm³/mol. The second kappa shape index (κ2) is 14.2. The molecule has 0 bridgehead atoms. The molecule has 1 atom stereocenters. The van der Waals surface area contributed by atoms with Crippen LogP contribution in [0.25, 0.3) is 11.1 Å². The van der Waals surface area contributed by atoms with E-state index in [1.165, 1.54) is 20.1 Å². The van der Waals surface area contributed by atoms with Crippen molar-refractivity contribution >= 4 is 12.1 Å². The molecule has 43 heavy (non-hydrogen) atoms. The first-order valence-corrected chi connectivity index (χ1v) is 13.9. The van der Waals surface area contributed by atoms with E-state index in [9.17, 15) is 9.59 Å². The van der Waals surface area contributed by atoms with Gasteiger partial charge in [0.05, 0.1) is 33.3 Å². The highest BCUT2D eigenvalue weighted by Crippen LogP contribution is 2.40. The van der Waals surface area contributed by atoms with Crippen LogP contribution >= 0.6 is 0 Å². The summed E-state index contributed by atoms with van der Waals surface area (Å²) in [5, 5.41) is 2.47. The fraction of sp³-hybridized carbons (Fsp3) is 0.394. The number of carbonyl (C=O) groups is 2. The maximum absolute atomic E-state index is 16.5. The van der Waals surface area contributed by atoms with Gasteiger partial charge >= 0.3 is 12.1 Å². The number of ether oxygens (including phenoxy) is 5. The molecule has 0 saturated carbocycles. The Labute approximate surface area is 251 Å². The number of esters is 1. The van der Waals surface area contributed by atoms with E-state index in [0.717, 1.165) is 5.56 Å². The maximum Gasteiger partial charge on any atom is 0.408 e. The summed E-state index contributed by atoms with van der Waals surface area (Å²) in [6.45, 7) is 10.0. The van der Waals surface area contributed by atoms with E-state index in [4.69, 9.17) is 23.7 Å². The molecule has 0 aliphatic heterocycles. The standard InChI is InChI=1S/C33H39F2NO7/c1-9-41-27(37)17-23(36-32(38)43-33(4,5)6)29-30(34)20(3)15-22(31(29)35)28-19(2)11-10-12-25(28)42-18-21-13-14-24(39-7)26(16-21)40-8/h10-16,23H,9,17-18H2,1-8H3,(H,36,38)/t23-/m0/s1. The lowest BCUT2D eigenvalue weighted by molar-refractivity contribution is -0.143. The third-order valence-electron chi connectivity index (χ3n) is 6.48. The van der Waals surface area contributed by atoms with Crippen molar-refractivity contribution in [2.75, 3.05) is 20.8 Å². The highest BCUT2D eigenvalue weighted by molar-refractivity contribution is 5.77. The minimum Gasteiger partial charge on any atom is -0.493 e. The molecule has 1 N–H and O–H groups in total. The third-order valence-corrected chi connectivity index (χ3v) is 6.48. The van der Waals surface area contributed by atoms with E-state index in [1.54, 1.807) is 72.1 Å². The number of carbonyl (C=O) groups excluding carboxylic acids is 2. The summed E-state index contributed by atoms with van der Waals surface area (Å²) in [6, 6.07) is 10.6. The molecule has 0 spiro atoms. The summed E-state index contributed by atoms with van der Waals surface area (Å²) in [5.74, 6) is -1.13. The van der Waals surface area contributed by atoms with Gasteiger partial charge in [0.1, 0.15) is 29.6 Å². The number of nitrogens with one attached hydrogen (secondary N) is 1. The Morgan fingerprint density at radius 2 is 1.60 bits per heavy atom. The molecule has 0 aromatic heterocycles. The van der Waals surface area contributed by atoms with Crippen molar-refractivity contribution in [1.82, 2.24) is 5.32 Å². The maximum atomic E-state index is 16.5. The van der Waals surface area contributed by atoms with Crippen LogP contribution in [0, 0.1) is 25.5 Å². The Bertz CT molecular complexity index is 1470. The Morgan fingerprint density at radius 3 is 2.23 bits per heavy atom. The van der Waals surface area contributed by atoms with Gasteiger partial charge in [-0.25, -0.2) is 13.6 Å². The molecule has 0 heterocycles. The summed E-state index contributed by atoms with van der Waals surface area (Å²) in [6.07, 6.45) is -1.45. The van der Waals surface area contributed by atoms with Crippen molar-refractivity contribution in [2.45, 2.75) is 66.2 Å². The van der Waals surface area contributed by atoms with Gasteiger partial charge in [-0.1, -0.05) is 18.2 Å². The summed E-state index contributed by atoms with van der Waals surface area (Å²) < 4.78 is 59.4. The van der Waals surface area contributed by atoms with Crippen LogP contribution in [0.2, 0.25) is 0 Å². The van der Waals surface area contributed by atoms with Gasteiger partial charge in [-0.05, 0) is 82.5 Å². The number of rotatable bonds is 11. The molecule has 3 aromatic rings. The number of hydrogen-bond acceptors (Lipinski definition) is 7. The van der Waals surface area contributed by atoms with Crippen LogP contribution in [-0.4, -0.2) is 38.5 Å². The van der Waals surface area contributed by atoms with Gasteiger partial charge in [-0.15, -0.1) is 0 Å². The molecular weight excluding hydrogens is 560 g/mol. The van der Waals surface area contributed by atoms with Gasteiger partial charge in [-0.3, -0.25) is 4.79 Å². The molecule has 0 saturated heterocycles. The van der Waals surface area contributed by atoms with Crippen molar-refractivity contribution < 1.29 is 42.1 Å². The molecule has 0 unspecified atom stereocenters. The number of alkyl carbamates (subject to hydrolysis) is 1. The van der Waals surface area contributed by atoms with Crippen LogP contribution in [0.4, 0.5) is 13.6 Å². The summed E-state index contributed by atoms with van der Waals surface area (Å²) in [5.41, 5.74) is 0.643. The number of benzene rings is 3. The lowest BCUT2D eigenvalue weighted by Crippen LogP contribution is -2.37. The second-order valence-corrected chi connectivity index (χ2v) is 10.9. The van der Waals surface area contributed by atoms with Crippen molar-refractivity contribution in [3.63, 3.8) is 0 Å². The molecule has 0 radical (unpaired) electrons. The minimum atomic E-state index is -1.41. The smallest absolute Gasteiger partial charge is 0.408 e. The molecule has 3 rings (SSSR count). The molecule has 0 aliphatic carbocycles. The first-order chi connectivity index (χ1) is 20.3. The Kier molecular flexibility index (Phi) is 11.0. The van der Waals surface area contributed by atoms with E-state index in [0.29, 0.717) is 28.4 Å². The third kappa shape index (κ3) is 8.37. The van der Waals surface area contributed by atoms with Crippen molar-refractivity contribution in [3.05, 3.63) is 76.4 Å². The number of aryl methyl sites for hydroxylation is 2. The van der Waals surface area contributed by atoms with Crippen LogP contribution in [0.5, 0.6) is 17.2 Å². The van der Waals surface area contributed by atoms with Crippen LogP contribution in [-0.2, 0) is 20.9 Å². The number of methoxy groups -OCH3 is 2. The van der Waals surface area contributed by atoms with Crippen molar-refractivity contribution in [2.24, 2.45) is 0 Å². The molecule has 10 heteroatoms. The monoisotopic (exact) mass is 599 g/mol. The lowest BCUT2D eigenvalue weighted by atomic mass is 9.91. The van der Waals surface area contributed by atoms with Crippen molar-refractivity contribution in [1.29, 1.82) is 0 Å². The molecule has 3 aromatic carbocycles. The number of halogens is 2. The molecule has 0 fully saturated rings. The zero-order chi connectivity index (χ0) is 31.9. The van der Waals surface area contributed by atoms with E-state index in [1.807, 2.05) is 6.07 Å². The fourth-order valence-corrected chi connectivity index (χ4v) is 4.58. The summed E-state index contributed by atoms with van der Waals surface area (Å²) in [7, 11) is 3.08. The average molecular weight is 600 g/mol. The predicted octanol–water partition coefficient (Wildman–Crippen LogP) is 7.36. The molecule has 232 valence electrons. The Hall–Kier alpha value is -4.34. The van der Waals surface area contributed by atoms with Crippen LogP contribution < -0.4 is 19.5 Å². The summed E-state index contributed by atoms with van der Waals surface area (Å²) >= 11 is 0. The largest absolute Gasteiger partial charge is 0.493 e. The average Bonchev–Trinajstić information content (AvgIpc) is 2.93. The summed E-state index contributed by atoms with van der Waals surface area (Å²) in [4.78, 5) is 25.2. The van der Waals surface area contributed by atoms with E-state index >= 15 is 8.78 Å². The highest BCUT2D eigenvalue weighted by Gasteiger charge is 2.31. The Morgan fingerprint density at radius 1 is 0.907 bits per heavy atom. The van der Waals surface area contributed by atoms with Gasteiger partial charge in [0.15, 0.2) is 11.5 Å². The first kappa shape index (κ1) is 33.2. The van der Waals surface area contributed by atoms with Gasteiger partial charge < -0.3 is 29.0 Å². The Balaban J connectivity index is 2.09. The molecule has 1 amide bonds. The first-order valence-electron chi connectivity index (χ1n) is 13.9. The lowest BCUT2D eigenvalue weighted by Gasteiger charge is -2.25. The van der Waals surface area contributed by atoms with Crippen LogP contribution in [0.15, 0.2) is 42.5 Å². The van der Waals surface area contributed by atoms with Gasteiger partial charge in [0.25, 0.3) is 0 Å². The van der Waals surface area contributed by atoms with Crippen LogP contribution in [0.3, 0.4) is 0 Å². The molecular formula is C33H39F2NO7. The van der Waals surface area contributed by atoms with Gasteiger partial charge in [-0.2, -0.15) is 0 Å². The quantitative estimate of drug-likeness (QED) is 0.230. The normalized spacial score (nSPS) is 11.9. The fourth-order valence-electron chi connectivity index (χ4n) is 4.58. The zero-order valence-corrected chi connectivity index (χ0v) is 25.9.